The minimum Gasteiger partial charge on any atom is -0.462 e. The van der Waals surface area contributed by atoms with Crippen LogP contribution in [0.15, 0.2) is 62.0 Å². The highest BCUT2D eigenvalue weighted by atomic mass is 35.5. The molecule has 0 saturated carbocycles. The van der Waals surface area contributed by atoms with Gasteiger partial charge in [-0.05, 0) is 13.8 Å². The number of halogens is 1. The Kier molecular flexibility index (Phi) is 10.6. The van der Waals surface area contributed by atoms with Crippen molar-refractivity contribution in [3.8, 4) is 5.82 Å². The zero-order chi connectivity index (χ0) is 23.9. The van der Waals surface area contributed by atoms with Gasteiger partial charge in [0, 0.05) is 37.2 Å². The summed E-state index contributed by atoms with van der Waals surface area (Å²) in [4.78, 5) is 37.5. The number of hydrogen-bond acceptors (Lipinski definition) is 10. The summed E-state index contributed by atoms with van der Waals surface area (Å²) in [6, 6.07) is 0. The van der Waals surface area contributed by atoms with Gasteiger partial charge in [0.05, 0.1) is 49.1 Å². The van der Waals surface area contributed by atoms with Gasteiger partial charge < -0.3 is 9.47 Å². The fourth-order valence-corrected chi connectivity index (χ4v) is 2.15. The molecule has 4 heterocycles. The van der Waals surface area contributed by atoms with Crippen LogP contribution in [-0.4, -0.2) is 65.1 Å². The number of hydrogen-bond donors (Lipinski definition) is 1. The average Bonchev–Trinajstić information content (AvgIpc) is 3.54. The molecule has 4 aromatic rings. The van der Waals surface area contributed by atoms with Gasteiger partial charge in [0.25, 0.3) is 0 Å². The van der Waals surface area contributed by atoms with Gasteiger partial charge in [-0.15, -0.1) is 0 Å². The van der Waals surface area contributed by atoms with Crippen molar-refractivity contribution >= 4 is 23.5 Å². The van der Waals surface area contributed by atoms with Crippen LogP contribution >= 0.6 is 11.6 Å². The molecule has 172 valence electrons. The lowest BCUT2D eigenvalue weighted by molar-refractivity contribution is 0.0516. The Morgan fingerprint density at radius 3 is 2.06 bits per heavy atom. The predicted octanol–water partition coefficient (Wildman–Crippen LogP) is 2.56. The van der Waals surface area contributed by atoms with Crippen LogP contribution in [0.2, 0.25) is 5.15 Å². The second-order valence-electron chi connectivity index (χ2n) is 5.69. The zero-order valence-electron chi connectivity index (χ0n) is 17.8. The molecule has 4 aromatic heterocycles. The standard InChI is InChI=1S/C10H10N4O2.C6H8N2O2.C4H3ClN2/c1-2-16-10(15)8-5-13-14(7-8)9-6-11-3-4-12-9;1-2-10-6(9)5-3-7-8-4-5;5-4-3-6-1-2-7-4/h3-7H,2H2,1H3;3-4H,2H2,1H3,(H,7,8);1-3H. The maximum absolute atomic E-state index is 11.4. The van der Waals surface area contributed by atoms with Crippen LogP contribution in [0.3, 0.4) is 0 Å². The Morgan fingerprint density at radius 1 is 0.909 bits per heavy atom. The van der Waals surface area contributed by atoms with Gasteiger partial charge in [-0.1, -0.05) is 11.6 Å². The van der Waals surface area contributed by atoms with Crippen molar-refractivity contribution in [2.75, 3.05) is 13.2 Å². The first-order valence-corrected chi connectivity index (χ1v) is 9.98. The van der Waals surface area contributed by atoms with Gasteiger partial charge in [-0.2, -0.15) is 10.2 Å². The summed E-state index contributed by atoms with van der Waals surface area (Å²) in [5.41, 5.74) is 0.856. The van der Waals surface area contributed by atoms with E-state index in [0.29, 0.717) is 35.3 Å². The molecule has 0 bridgehead atoms. The van der Waals surface area contributed by atoms with Crippen LogP contribution in [-0.2, 0) is 9.47 Å². The molecule has 0 amide bonds. The third kappa shape index (κ3) is 8.83. The molecule has 0 atom stereocenters. The molecular formula is C20H21ClN8O4. The summed E-state index contributed by atoms with van der Waals surface area (Å²) in [6.45, 7) is 4.25. The highest BCUT2D eigenvalue weighted by molar-refractivity contribution is 6.29. The molecule has 0 fully saturated rings. The average molecular weight is 473 g/mol. The molecule has 0 aromatic carbocycles. The number of esters is 2. The molecule has 0 spiro atoms. The second-order valence-corrected chi connectivity index (χ2v) is 6.08. The number of nitrogens with one attached hydrogen (secondary N) is 1. The van der Waals surface area contributed by atoms with Gasteiger partial charge in [-0.25, -0.2) is 24.2 Å². The van der Waals surface area contributed by atoms with Crippen molar-refractivity contribution in [1.29, 1.82) is 0 Å². The summed E-state index contributed by atoms with van der Waals surface area (Å²) in [6.07, 6.45) is 15.2. The van der Waals surface area contributed by atoms with E-state index in [1.807, 2.05) is 0 Å². The van der Waals surface area contributed by atoms with Gasteiger partial charge in [0.15, 0.2) is 5.82 Å². The maximum atomic E-state index is 11.4. The number of aromatic nitrogens is 8. The van der Waals surface area contributed by atoms with Crippen LogP contribution < -0.4 is 0 Å². The van der Waals surface area contributed by atoms with Crippen LogP contribution in [0.1, 0.15) is 34.6 Å². The van der Waals surface area contributed by atoms with Crippen LogP contribution in [0.25, 0.3) is 5.82 Å². The quantitative estimate of drug-likeness (QED) is 0.429. The van der Waals surface area contributed by atoms with E-state index in [-0.39, 0.29) is 5.97 Å². The van der Waals surface area contributed by atoms with Crippen LogP contribution in [0.4, 0.5) is 0 Å². The Morgan fingerprint density at radius 2 is 1.58 bits per heavy atom. The SMILES string of the molecule is CCOC(=O)c1cn[nH]c1.CCOC(=O)c1cnn(-c2cnccn2)c1.Clc1cnccn1. The number of nitrogens with zero attached hydrogens (tertiary/aromatic N) is 7. The van der Waals surface area contributed by atoms with E-state index in [1.54, 1.807) is 51.0 Å². The molecule has 0 aliphatic rings. The molecular weight excluding hydrogens is 452 g/mol. The molecule has 0 aliphatic heterocycles. The zero-order valence-corrected chi connectivity index (χ0v) is 18.6. The molecule has 0 saturated heterocycles. The molecule has 4 rings (SSSR count). The van der Waals surface area contributed by atoms with Crippen molar-refractivity contribution in [2.45, 2.75) is 13.8 Å². The highest BCUT2D eigenvalue weighted by Crippen LogP contribution is 2.05. The number of rotatable bonds is 5. The fourth-order valence-electron chi connectivity index (χ4n) is 2.04. The van der Waals surface area contributed by atoms with Crippen molar-refractivity contribution in [2.24, 2.45) is 0 Å². The van der Waals surface area contributed by atoms with Crippen molar-refractivity contribution in [3.05, 3.63) is 78.2 Å². The first-order valence-electron chi connectivity index (χ1n) is 9.60. The number of H-pyrrole nitrogens is 1. The Balaban J connectivity index is 0.000000193. The van der Waals surface area contributed by atoms with E-state index >= 15 is 0 Å². The van der Waals surface area contributed by atoms with Crippen molar-refractivity contribution < 1.29 is 19.1 Å². The van der Waals surface area contributed by atoms with Crippen molar-refractivity contribution in [3.63, 3.8) is 0 Å². The Labute approximate surface area is 194 Å². The second kappa shape index (κ2) is 14.0. The first kappa shape index (κ1) is 25.1. The summed E-state index contributed by atoms with van der Waals surface area (Å²) in [7, 11) is 0. The number of carbonyl (C=O) groups is 2. The third-order valence-electron chi connectivity index (χ3n) is 3.42. The lowest BCUT2D eigenvalue weighted by Crippen LogP contribution is -2.03. The Bertz CT molecular complexity index is 1090. The first-order chi connectivity index (χ1) is 16.0. The topological polar surface area (TPSA) is 151 Å². The minimum atomic E-state index is -0.391. The number of aromatic amines is 1. The number of ether oxygens (including phenoxy) is 2. The van der Waals surface area contributed by atoms with E-state index in [1.165, 1.54) is 29.5 Å². The maximum Gasteiger partial charge on any atom is 0.341 e. The molecule has 0 unspecified atom stereocenters. The largest absolute Gasteiger partial charge is 0.462 e. The summed E-state index contributed by atoms with van der Waals surface area (Å²) in [5.74, 6) is -0.174. The summed E-state index contributed by atoms with van der Waals surface area (Å²) < 4.78 is 11.0. The van der Waals surface area contributed by atoms with Gasteiger partial charge >= 0.3 is 11.9 Å². The lowest BCUT2D eigenvalue weighted by Gasteiger charge is -1.98. The van der Waals surface area contributed by atoms with Gasteiger partial charge in [0.1, 0.15) is 5.15 Å². The summed E-state index contributed by atoms with van der Waals surface area (Å²) in [5, 5.41) is 10.6. The minimum absolute atomic E-state index is 0.337. The summed E-state index contributed by atoms with van der Waals surface area (Å²) >= 11 is 5.37. The molecule has 12 nitrogen and oxygen atoms in total. The van der Waals surface area contributed by atoms with Crippen LogP contribution in [0, 0.1) is 0 Å². The number of carbonyl (C=O) groups excluding carboxylic acids is 2. The van der Waals surface area contributed by atoms with Gasteiger partial charge in [-0.3, -0.25) is 15.1 Å². The molecule has 13 heteroatoms. The van der Waals surface area contributed by atoms with Crippen molar-refractivity contribution in [1.82, 2.24) is 39.9 Å². The Hall–Kier alpha value is -4.19. The van der Waals surface area contributed by atoms with E-state index in [4.69, 9.17) is 16.3 Å². The van der Waals surface area contributed by atoms with E-state index in [0.717, 1.165) is 0 Å². The van der Waals surface area contributed by atoms with Crippen LogP contribution in [0.5, 0.6) is 0 Å². The smallest absolute Gasteiger partial charge is 0.341 e. The monoisotopic (exact) mass is 472 g/mol. The van der Waals surface area contributed by atoms with Gasteiger partial charge in [0.2, 0.25) is 0 Å². The lowest BCUT2D eigenvalue weighted by atomic mass is 10.4. The predicted molar refractivity (Wildman–Crippen MR) is 117 cm³/mol. The normalized spacial score (nSPS) is 9.55. The van der Waals surface area contributed by atoms with E-state index < -0.39 is 5.97 Å². The third-order valence-corrected chi connectivity index (χ3v) is 3.61. The molecule has 0 radical (unpaired) electrons. The van der Waals surface area contributed by atoms with E-state index in [2.05, 4.69) is 40.0 Å². The highest BCUT2D eigenvalue weighted by Gasteiger charge is 2.10. The molecule has 1 N–H and O–H groups in total. The fraction of sp³-hybridized carbons (Fsp3) is 0.200. The molecule has 0 aliphatic carbocycles. The van der Waals surface area contributed by atoms with E-state index in [9.17, 15) is 9.59 Å². The molecule has 33 heavy (non-hydrogen) atoms.